The molecule has 0 aromatic heterocycles. The van der Waals surface area contributed by atoms with Gasteiger partial charge in [0.2, 0.25) is 41.4 Å². The van der Waals surface area contributed by atoms with Crippen molar-refractivity contribution in [2.45, 2.75) is 115 Å². The SMILES string of the molecule is CC[C@H](C)[C@H](NC(=O)[C@@H](NC(=O)[C@H](CCC(=O)O)NC(=O)[C@@]1(NC(=O)[C@@H](C)NC(=O)[C@@H](N)Cc2ccc(O)cc2)CCc2ccccc2C1)C(C)C)C(=O)NCC(N)=O. The molecule has 18 heteroatoms. The van der Waals surface area contributed by atoms with Crippen LogP contribution in [0.2, 0.25) is 0 Å². The van der Waals surface area contributed by atoms with Crippen LogP contribution in [0.25, 0.3) is 0 Å². The van der Waals surface area contributed by atoms with Crippen LogP contribution >= 0.6 is 0 Å². The summed E-state index contributed by atoms with van der Waals surface area (Å²) in [6.45, 7) is 7.79. The Labute approximate surface area is 343 Å². The van der Waals surface area contributed by atoms with Crippen molar-refractivity contribution in [3.05, 3.63) is 65.2 Å². The monoisotopic (exact) mass is 822 g/mol. The molecule has 0 spiro atoms. The van der Waals surface area contributed by atoms with E-state index in [1.165, 1.54) is 19.1 Å². The van der Waals surface area contributed by atoms with Crippen molar-refractivity contribution >= 4 is 47.3 Å². The fourth-order valence-corrected chi connectivity index (χ4v) is 6.65. The third-order valence-electron chi connectivity index (χ3n) is 10.5. The van der Waals surface area contributed by atoms with Crippen LogP contribution in [0.15, 0.2) is 48.5 Å². The van der Waals surface area contributed by atoms with Crippen LogP contribution in [-0.2, 0) is 57.6 Å². The van der Waals surface area contributed by atoms with Gasteiger partial charge in [-0.05, 0) is 73.3 Å². The third kappa shape index (κ3) is 13.8. The van der Waals surface area contributed by atoms with E-state index in [0.29, 0.717) is 18.4 Å². The summed E-state index contributed by atoms with van der Waals surface area (Å²) in [5.41, 5.74) is 12.0. The van der Waals surface area contributed by atoms with Crippen molar-refractivity contribution in [1.29, 1.82) is 0 Å². The van der Waals surface area contributed by atoms with E-state index in [1.54, 1.807) is 52.0 Å². The maximum Gasteiger partial charge on any atom is 0.303 e. The van der Waals surface area contributed by atoms with Gasteiger partial charge in [-0.1, -0.05) is 70.5 Å². The number of amides is 7. The molecule has 2 aromatic rings. The number of fused-ring (bicyclic) bond motifs is 1. The summed E-state index contributed by atoms with van der Waals surface area (Å²) in [7, 11) is 0. The highest BCUT2D eigenvalue weighted by Gasteiger charge is 2.45. The van der Waals surface area contributed by atoms with E-state index in [9.17, 15) is 48.6 Å². The highest BCUT2D eigenvalue weighted by atomic mass is 16.4. The van der Waals surface area contributed by atoms with Gasteiger partial charge in [0.05, 0.1) is 12.6 Å². The Hall–Kier alpha value is -6.04. The quantitative estimate of drug-likeness (QED) is 0.0761. The number of nitrogens with two attached hydrogens (primary N) is 2. The molecule has 18 nitrogen and oxygen atoms in total. The van der Waals surface area contributed by atoms with Crippen molar-refractivity contribution in [2.75, 3.05) is 6.54 Å². The Morgan fingerprint density at radius 3 is 2.00 bits per heavy atom. The number of phenolic OH excluding ortho intramolecular Hbond substituents is 1. The first-order chi connectivity index (χ1) is 27.8. The van der Waals surface area contributed by atoms with Crippen molar-refractivity contribution < 1.29 is 48.6 Å². The van der Waals surface area contributed by atoms with Gasteiger partial charge < -0.3 is 53.6 Å². The van der Waals surface area contributed by atoms with E-state index < -0.39 is 102 Å². The fourth-order valence-electron chi connectivity index (χ4n) is 6.65. The van der Waals surface area contributed by atoms with Gasteiger partial charge >= 0.3 is 5.97 Å². The number of benzene rings is 2. The minimum absolute atomic E-state index is 0.000886. The van der Waals surface area contributed by atoms with Crippen LogP contribution in [-0.4, -0.2) is 99.8 Å². The maximum atomic E-state index is 14.5. The summed E-state index contributed by atoms with van der Waals surface area (Å²) in [4.78, 5) is 105. The molecule has 0 aliphatic heterocycles. The second kappa shape index (κ2) is 21.6. The van der Waals surface area contributed by atoms with Crippen LogP contribution in [0.3, 0.4) is 0 Å². The second-order valence-corrected chi connectivity index (χ2v) is 15.5. The number of aromatic hydroxyl groups is 1. The molecular formula is C41H58N8O10. The molecule has 0 bridgehead atoms. The lowest BCUT2D eigenvalue weighted by atomic mass is 9.76. The molecule has 7 atom stereocenters. The second-order valence-electron chi connectivity index (χ2n) is 15.5. The van der Waals surface area contributed by atoms with Gasteiger partial charge in [0.1, 0.15) is 35.5 Å². The minimum atomic E-state index is -1.66. The molecule has 3 rings (SSSR count). The highest BCUT2D eigenvalue weighted by molar-refractivity contribution is 5.99. The molecule has 0 unspecified atom stereocenters. The number of aryl methyl sites for hydroxylation is 1. The summed E-state index contributed by atoms with van der Waals surface area (Å²) in [5, 5.41) is 34.8. The summed E-state index contributed by atoms with van der Waals surface area (Å²) in [5.74, 6) is -7.33. The predicted octanol–water partition coefficient (Wildman–Crippen LogP) is -0.567. The zero-order valence-corrected chi connectivity index (χ0v) is 34.1. The lowest BCUT2D eigenvalue weighted by Crippen LogP contribution is -2.66. The number of carbonyl (C=O) groups excluding carboxylic acids is 7. The van der Waals surface area contributed by atoms with Gasteiger partial charge in [0, 0.05) is 12.8 Å². The number of carbonyl (C=O) groups is 8. The van der Waals surface area contributed by atoms with Gasteiger partial charge in [-0.25, -0.2) is 0 Å². The van der Waals surface area contributed by atoms with Gasteiger partial charge in [-0.15, -0.1) is 0 Å². The highest BCUT2D eigenvalue weighted by Crippen LogP contribution is 2.30. The molecule has 0 fully saturated rings. The van der Waals surface area contributed by atoms with Crippen LogP contribution in [0.4, 0.5) is 0 Å². The van der Waals surface area contributed by atoms with Crippen LogP contribution in [0, 0.1) is 11.8 Å². The number of hydrogen-bond donors (Lipinski definition) is 10. The molecule has 7 amide bonds. The summed E-state index contributed by atoms with van der Waals surface area (Å²) in [6.07, 6.45) is 0.114. The number of carboxylic acid groups (broad SMARTS) is 1. The molecule has 2 aromatic carbocycles. The molecule has 0 saturated carbocycles. The minimum Gasteiger partial charge on any atom is -0.508 e. The lowest BCUT2D eigenvalue weighted by molar-refractivity contribution is -0.140. The molecule has 322 valence electrons. The summed E-state index contributed by atoms with van der Waals surface area (Å²) in [6, 6.07) is 7.43. The maximum absolute atomic E-state index is 14.5. The van der Waals surface area contributed by atoms with E-state index in [4.69, 9.17) is 11.5 Å². The zero-order valence-electron chi connectivity index (χ0n) is 34.1. The van der Waals surface area contributed by atoms with E-state index in [2.05, 4.69) is 31.9 Å². The summed E-state index contributed by atoms with van der Waals surface area (Å²) >= 11 is 0. The first-order valence-corrected chi connectivity index (χ1v) is 19.7. The Kier molecular flexibility index (Phi) is 17.4. The zero-order chi connectivity index (χ0) is 44.0. The number of rotatable bonds is 21. The average Bonchev–Trinajstić information content (AvgIpc) is 3.19. The molecule has 0 saturated heterocycles. The van der Waals surface area contributed by atoms with Crippen LogP contribution < -0.4 is 43.4 Å². The predicted molar refractivity (Wildman–Crippen MR) is 216 cm³/mol. The van der Waals surface area contributed by atoms with E-state index in [0.717, 1.165) is 11.1 Å². The van der Waals surface area contributed by atoms with E-state index in [1.807, 2.05) is 12.1 Å². The third-order valence-corrected chi connectivity index (χ3v) is 10.5. The Balaban J connectivity index is 1.85. The number of aliphatic carboxylic acids is 1. The first-order valence-electron chi connectivity index (χ1n) is 19.7. The fraction of sp³-hybridized carbons (Fsp3) is 0.512. The van der Waals surface area contributed by atoms with Crippen molar-refractivity contribution in [3.63, 3.8) is 0 Å². The number of phenols is 1. The molecule has 1 aliphatic carbocycles. The molecule has 1 aliphatic rings. The van der Waals surface area contributed by atoms with Crippen molar-refractivity contribution in [3.8, 4) is 5.75 Å². The largest absolute Gasteiger partial charge is 0.508 e. The lowest BCUT2D eigenvalue weighted by Gasteiger charge is -2.39. The summed E-state index contributed by atoms with van der Waals surface area (Å²) < 4.78 is 0. The molecule has 0 heterocycles. The Morgan fingerprint density at radius 1 is 0.780 bits per heavy atom. The van der Waals surface area contributed by atoms with Gasteiger partial charge in [-0.3, -0.25) is 38.4 Å². The number of nitrogens with one attached hydrogen (secondary N) is 6. The van der Waals surface area contributed by atoms with Crippen molar-refractivity contribution in [2.24, 2.45) is 23.3 Å². The van der Waals surface area contributed by atoms with Crippen molar-refractivity contribution in [1.82, 2.24) is 31.9 Å². The van der Waals surface area contributed by atoms with Crippen LogP contribution in [0.5, 0.6) is 5.75 Å². The normalized spacial score (nSPS) is 17.7. The number of hydrogen-bond acceptors (Lipinski definition) is 10. The van der Waals surface area contributed by atoms with E-state index >= 15 is 0 Å². The molecule has 59 heavy (non-hydrogen) atoms. The van der Waals surface area contributed by atoms with E-state index in [-0.39, 0.29) is 37.4 Å². The number of primary amides is 1. The van der Waals surface area contributed by atoms with Crippen LogP contribution in [0.1, 0.15) is 77.0 Å². The average molecular weight is 823 g/mol. The Morgan fingerprint density at radius 2 is 1.41 bits per heavy atom. The van der Waals surface area contributed by atoms with Gasteiger partial charge in [-0.2, -0.15) is 0 Å². The topological polar surface area (TPSA) is 301 Å². The standard InChI is InChI=1S/C41H58N8O10/c1-6-23(4)34(38(57)44-21-31(43)51)48-39(58)33(22(2)3)47-37(56)30(15-16-32(52)53)46-40(59)41(18-17-26-9-7-8-10-27(26)20-41)49-35(54)24(5)45-36(55)29(42)19-25-11-13-28(50)14-12-25/h7-14,22-24,29-30,33-34,50H,6,15-21,42H2,1-5H3,(H2,43,51)(H,44,57)(H,45,55)(H,46,59)(H,47,56)(H,48,58)(H,49,54)(H,52,53)/t23-,24+,29-,30-,33-,34-,41+/m0/s1. The molecule has 0 radical (unpaired) electrons. The van der Waals surface area contributed by atoms with Gasteiger partial charge in [0.25, 0.3) is 0 Å². The van der Waals surface area contributed by atoms with Gasteiger partial charge in [0.15, 0.2) is 0 Å². The molecular weight excluding hydrogens is 764 g/mol. The Bertz CT molecular complexity index is 1850. The smallest absolute Gasteiger partial charge is 0.303 e. The molecule has 12 N–H and O–H groups in total. The first kappa shape index (κ1) is 47.3. The number of carboxylic acids is 1.